The lowest BCUT2D eigenvalue weighted by Gasteiger charge is -2.50. The molecule has 2 aliphatic carbocycles. The lowest BCUT2D eigenvalue weighted by Crippen LogP contribution is -2.53. The molecule has 1 saturated carbocycles. The smallest absolute Gasteiger partial charge is 0.508 e. The lowest BCUT2D eigenvalue weighted by molar-refractivity contribution is -0.274. The van der Waals surface area contributed by atoms with Gasteiger partial charge >= 0.3 is 12.5 Å². The van der Waals surface area contributed by atoms with Gasteiger partial charge in [-0.1, -0.05) is 77.3 Å². The van der Waals surface area contributed by atoms with Gasteiger partial charge in [-0.15, -0.1) is 13.2 Å². The number of amides is 4. The predicted octanol–water partition coefficient (Wildman–Crippen LogP) is 8.20. The van der Waals surface area contributed by atoms with Gasteiger partial charge in [0.25, 0.3) is 11.8 Å². The van der Waals surface area contributed by atoms with Gasteiger partial charge in [-0.05, 0) is 66.3 Å². The summed E-state index contributed by atoms with van der Waals surface area (Å²) in [6, 6.07) is 17.7. The molecule has 1 aromatic heterocycles. The molecule has 8 rings (SSSR count). The zero-order valence-corrected chi connectivity index (χ0v) is 31.0. The molecular weight excluding hydrogens is 817 g/mol. The third-order valence-electron chi connectivity index (χ3n) is 11.4. The zero-order chi connectivity index (χ0) is 41.5. The molecule has 0 radical (unpaired) electrons. The Bertz CT molecular complexity index is 2400. The summed E-state index contributed by atoms with van der Waals surface area (Å²) in [5, 5.41) is 11.6. The van der Waals surface area contributed by atoms with Crippen LogP contribution in [0.25, 0.3) is 0 Å². The third-order valence-corrected chi connectivity index (χ3v) is 11.9. The average Bonchev–Trinajstić information content (AvgIpc) is 3.53. The number of likely N-dealkylation sites (tertiary alicyclic amines) is 1. The Labute approximate surface area is 335 Å². The maximum atomic E-state index is 15.3. The van der Waals surface area contributed by atoms with E-state index in [0.717, 1.165) is 23.1 Å². The summed E-state index contributed by atoms with van der Waals surface area (Å²) in [5.41, 5.74) is -0.0507. The van der Waals surface area contributed by atoms with Crippen molar-refractivity contribution < 1.29 is 55.4 Å². The van der Waals surface area contributed by atoms with Crippen LogP contribution in [0.3, 0.4) is 0 Å². The first-order chi connectivity index (χ1) is 27.4. The van der Waals surface area contributed by atoms with Crippen molar-refractivity contribution in [2.45, 2.75) is 43.3 Å². The highest BCUT2D eigenvalue weighted by molar-refractivity contribution is 6.33. The zero-order valence-electron chi connectivity index (χ0n) is 29.5. The van der Waals surface area contributed by atoms with E-state index in [-0.39, 0.29) is 35.5 Å². The molecule has 2 N–H and O–H groups in total. The first-order valence-corrected chi connectivity index (χ1v) is 18.5. The number of nitrogens with one attached hydrogen (secondary N) is 1. The summed E-state index contributed by atoms with van der Waals surface area (Å²) in [6.07, 6.45) is -8.22. The number of benzene rings is 3. The normalized spacial score (nSPS) is 25.7. The molecule has 6 unspecified atom stereocenters. The van der Waals surface area contributed by atoms with Crippen LogP contribution in [0.1, 0.15) is 41.0 Å². The number of fused-ring (bicyclic) bond motifs is 4. The van der Waals surface area contributed by atoms with Crippen LogP contribution in [0.15, 0.2) is 96.7 Å². The van der Waals surface area contributed by atoms with Crippen molar-refractivity contribution in [3.05, 3.63) is 129 Å². The van der Waals surface area contributed by atoms with Crippen molar-refractivity contribution in [1.82, 2.24) is 14.9 Å². The Hall–Kier alpha value is -5.61. The molecule has 3 fully saturated rings. The van der Waals surface area contributed by atoms with Gasteiger partial charge in [0.1, 0.15) is 11.5 Å². The number of phenols is 1. The maximum Gasteiger partial charge on any atom is 0.573 e. The SMILES string of the molecule is O=C1C2CC=C3C(CC4C(=O)N(Nc5ncc(C(F)(F)F)cc5Cl)C(=O)C4(c4ccc(Cl)cc4)C3c3cc(OC(F)(F)F)ccc3O)C2C(=O)N1Cc1ccccc1. The van der Waals surface area contributed by atoms with Crippen molar-refractivity contribution in [1.29, 1.82) is 0 Å². The number of ether oxygens (including phenoxy) is 1. The van der Waals surface area contributed by atoms with E-state index in [1.807, 2.05) is 0 Å². The molecule has 58 heavy (non-hydrogen) atoms. The number of hydrogen-bond donors (Lipinski definition) is 2. The number of phenolic OH excluding ortho intramolecular Hbond substituents is 1. The molecule has 300 valence electrons. The second-order valence-electron chi connectivity index (χ2n) is 14.4. The molecule has 10 nitrogen and oxygen atoms in total. The van der Waals surface area contributed by atoms with Crippen LogP contribution in [0.5, 0.6) is 11.5 Å². The Kier molecular flexibility index (Phi) is 9.50. The highest BCUT2D eigenvalue weighted by Crippen LogP contribution is 2.65. The van der Waals surface area contributed by atoms with Crippen molar-refractivity contribution >= 4 is 52.6 Å². The minimum Gasteiger partial charge on any atom is -0.508 e. The molecule has 0 bridgehead atoms. The molecule has 6 atom stereocenters. The highest BCUT2D eigenvalue weighted by atomic mass is 35.5. The van der Waals surface area contributed by atoms with Crippen molar-refractivity contribution in [2.75, 3.05) is 5.43 Å². The van der Waals surface area contributed by atoms with Crippen LogP contribution >= 0.6 is 23.2 Å². The van der Waals surface area contributed by atoms with Gasteiger partial charge in [0, 0.05) is 22.7 Å². The number of alkyl halides is 6. The fraction of sp³-hybridized carbons (Fsp3) is 0.275. The first kappa shape index (κ1) is 39.2. The number of aromatic hydroxyl groups is 1. The van der Waals surface area contributed by atoms with Gasteiger partial charge < -0.3 is 9.84 Å². The van der Waals surface area contributed by atoms with Crippen LogP contribution in [-0.2, 0) is 37.3 Å². The quantitative estimate of drug-likeness (QED) is 0.108. The lowest BCUT2D eigenvalue weighted by atomic mass is 9.49. The number of rotatable bonds is 7. The van der Waals surface area contributed by atoms with Crippen molar-refractivity contribution in [2.24, 2.45) is 23.7 Å². The van der Waals surface area contributed by atoms with Crippen LogP contribution < -0.4 is 10.2 Å². The number of allylic oxidation sites excluding steroid dienone is 2. The first-order valence-electron chi connectivity index (χ1n) is 17.7. The summed E-state index contributed by atoms with van der Waals surface area (Å²) >= 11 is 12.5. The van der Waals surface area contributed by atoms with E-state index in [0.29, 0.717) is 28.4 Å². The number of halogens is 8. The van der Waals surface area contributed by atoms with Gasteiger partial charge in [0.15, 0.2) is 5.82 Å². The van der Waals surface area contributed by atoms with E-state index in [2.05, 4.69) is 15.1 Å². The number of anilines is 1. The Morgan fingerprint density at radius 3 is 2.24 bits per heavy atom. The fourth-order valence-corrected chi connectivity index (χ4v) is 9.41. The number of carbonyl (C=O) groups excluding carboxylic acids is 4. The molecular formula is C40H28Cl2F6N4O6. The highest BCUT2D eigenvalue weighted by Gasteiger charge is 2.70. The van der Waals surface area contributed by atoms with Gasteiger partial charge in [0.2, 0.25) is 11.8 Å². The number of hydrogen-bond acceptors (Lipinski definition) is 8. The standard InChI is InChI=1S/C40H28Cl2F6N4O6/c41-22-8-6-20(7-9-22)38-28(35(55)52(37(38)57)50-33-29(42)14-21(17-49-33)39(43,44)45)16-26-24(32(38)27-15-23(10-13-30(27)53)58-40(46,47)48)11-12-25-31(26)36(56)51(34(25)54)18-19-4-2-1-3-5-19/h1-11,13-15,17,25-26,28,31-32,53H,12,16,18H2,(H,49,50). The summed E-state index contributed by atoms with van der Waals surface area (Å²) in [5.74, 6) is -10.8. The van der Waals surface area contributed by atoms with E-state index in [9.17, 15) is 45.8 Å². The number of hydrazine groups is 1. The van der Waals surface area contributed by atoms with E-state index in [1.165, 1.54) is 24.3 Å². The molecule has 4 amide bonds. The van der Waals surface area contributed by atoms with Crippen LogP contribution in [0.2, 0.25) is 10.0 Å². The van der Waals surface area contributed by atoms with Gasteiger partial charge in [-0.3, -0.25) is 29.5 Å². The van der Waals surface area contributed by atoms with Crippen molar-refractivity contribution in [3.8, 4) is 11.5 Å². The molecule has 2 saturated heterocycles. The van der Waals surface area contributed by atoms with Gasteiger partial charge in [-0.2, -0.15) is 18.2 Å². The Morgan fingerprint density at radius 2 is 1.59 bits per heavy atom. The number of carbonyl (C=O) groups is 4. The number of aromatic nitrogens is 1. The van der Waals surface area contributed by atoms with Crippen LogP contribution in [0.4, 0.5) is 32.2 Å². The largest absolute Gasteiger partial charge is 0.573 e. The van der Waals surface area contributed by atoms with Crippen LogP contribution in [0, 0.1) is 23.7 Å². The van der Waals surface area contributed by atoms with E-state index in [4.69, 9.17) is 23.2 Å². The number of nitrogens with zero attached hydrogens (tertiary/aromatic N) is 3. The Balaban J connectivity index is 1.32. The van der Waals surface area contributed by atoms with Crippen molar-refractivity contribution in [3.63, 3.8) is 0 Å². The molecule has 0 spiro atoms. The monoisotopic (exact) mass is 844 g/mol. The fourth-order valence-electron chi connectivity index (χ4n) is 9.08. The van der Waals surface area contributed by atoms with E-state index >= 15 is 4.79 Å². The van der Waals surface area contributed by atoms with Gasteiger partial charge in [-0.25, -0.2) is 4.98 Å². The minimum absolute atomic E-state index is 0.0289. The summed E-state index contributed by atoms with van der Waals surface area (Å²) in [4.78, 5) is 63.3. The van der Waals surface area contributed by atoms with E-state index < -0.39 is 99.1 Å². The second-order valence-corrected chi connectivity index (χ2v) is 15.3. The van der Waals surface area contributed by atoms with Crippen LogP contribution in [-0.4, -0.2) is 50.0 Å². The molecule has 3 aromatic carbocycles. The number of pyridine rings is 1. The van der Waals surface area contributed by atoms with E-state index in [1.54, 1.807) is 36.4 Å². The average molecular weight is 846 g/mol. The Morgan fingerprint density at radius 1 is 0.879 bits per heavy atom. The molecule has 3 heterocycles. The summed E-state index contributed by atoms with van der Waals surface area (Å²) < 4.78 is 85.5. The molecule has 2 aliphatic heterocycles. The third kappa shape index (κ3) is 6.42. The maximum absolute atomic E-state index is 15.3. The topological polar surface area (TPSA) is 129 Å². The summed E-state index contributed by atoms with van der Waals surface area (Å²) in [6.45, 7) is -0.0528. The van der Waals surface area contributed by atoms with Gasteiger partial charge in [0.05, 0.1) is 40.3 Å². The predicted molar refractivity (Wildman–Crippen MR) is 194 cm³/mol. The second kappa shape index (κ2) is 14.0. The molecule has 4 aromatic rings. The molecule has 18 heteroatoms. The molecule has 4 aliphatic rings. The minimum atomic E-state index is -5.18. The summed E-state index contributed by atoms with van der Waals surface area (Å²) in [7, 11) is 0. The number of imide groups is 2.